The van der Waals surface area contributed by atoms with Crippen LogP contribution in [0.1, 0.15) is 6.42 Å². The summed E-state index contributed by atoms with van der Waals surface area (Å²) in [6.45, 7) is 0. The second kappa shape index (κ2) is 6.35. The van der Waals surface area contributed by atoms with Gasteiger partial charge in [0.05, 0.1) is 6.42 Å². The third-order valence-corrected chi connectivity index (χ3v) is 1.54. The number of allylic oxidation sites excluding steroid dienone is 1. The van der Waals surface area contributed by atoms with E-state index >= 15 is 0 Å². The minimum Gasteiger partial charge on any atom is -0.383 e. The zero-order valence-corrected chi connectivity index (χ0v) is 10.3. The van der Waals surface area contributed by atoms with E-state index in [1.54, 1.807) is 0 Å². The second-order valence-electron chi connectivity index (χ2n) is 4.11. The van der Waals surface area contributed by atoms with E-state index in [9.17, 15) is 0 Å². The lowest BCUT2D eigenvalue weighted by atomic mass is 10.2. The first-order valence-electron chi connectivity index (χ1n) is 4.80. The van der Waals surface area contributed by atoms with E-state index in [0.29, 0.717) is 0 Å². The molecule has 0 spiro atoms. The maximum Gasteiger partial charge on any atom is 0.168 e. The number of rotatable bonds is 4. The van der Waals surface area contributed by atoms with Crippen LogP contribution in [0.5, 0.6) is 0 Å². The van der Waals surface area contributed by atoms with Gasteiger partial charge in [-0.05, 0) is 0 Å². The van der Waals surface area contributed by atoms with Crippen LogP contribution in [0.3, 0.4) is 0 Å². The van der Waals surface area contributed by atoms with Crippen molar-refractivity contribution < 1.29 is 9.15 Å². The number of hydrogen-bond acceptors (Lipinski definition) is 1. The zero-order chi connectivity index (χ0) is 11.1. The van der Waals surface area contributed by atoms with Crippen LogP contribution in [0.15, 0.2) is 11.8 Å². The summed E-state index contributed by atoms with van der Waals surface area (Å²) in [5.74, 6) is 0. The predicted molar refractivity (Wildman–Crippen MR) is 62.7 cm³/mol. The van der Waals surface area contributed by atoms with Gasteiger partial charge in [0, 0.05) is 25.9 Å². The molecule has 0 atom stereocenters. The third-order valence-electron chi connectivity index (χ3n) is 1.54. The standard InChI is InChI=1S/C11H23N3/c1-12(2)8-7-11(9-13(3)4)10-14(5)6/h8-10H,7H2,1-6H3/q+2. The smallest absolute Gasteiger partial charge is 0.168 e. The molecule has 0 aliphatic carbocycles. The van der Waals surface area contributed by atoms with Crippen molar-refractivity contribution in [3.63, 3.8) is 0 Å². The van der Waals surface area contributed by atoms with E-state index in [1.165, 1.54) is 5.57 Å². The van der Waals surface area contributed by atoms with E-state index in [1.807, 2.05) is 42.3 Å². The average Bonchev–Trinajstić information content (AvgIpc) is 1.97. The van der Waals surface area contributed by atoms with Gasteiger partial charge in [0.1, 0.15) is 34.4 Å². The maximum absolute atomic E-state index is 2.16. The highest BCUT2D eigenvalue weighted by atomic mass is 15.0. The highest BCUT2D eigenvalue weighted by molar-refractivity contribution is 5.79. The molecule has 0 N–H and O–H groups in total. The molecule has 0 amide bonds. The highest BCUT2D eigenvalue weighted by Gasteiger charge is 1.99. The topological polar surface area (TPSA) is 9.26 Å². The molecule has 0 aromatic heterocycles. The Labute approximate surface area is 87.7 Å². The first-order chi connectivity index (χ1) is 6.41. The van der Waals surface area contributed by atoms with Gasteiger partial charge in [-0.25, -0.2) is 9.15 Å². The van der Waals surface area contributed by atoms with Gasteiger partial charge in [0.15, 0.2) is 6.21 Å². The van der Waals surface area contributed by atoms with E-state index in [2.05, 4.69) is 32.7 Å². The minimum atomic E-state index is 0.962. The fourth-order valence-electron chi connectivity index (χ4n) is 1.09. The van der Waals surface area contributed by atoms with Crippen molar-refractivity contribution in [2.75, 3.05) is 42.3 Å². The molecule has 0 aliphatic heterocycles. The molecule has 0 aromatic rings. The molecular weight excluding hydrogens is 174 g/mol. The molecule has 14 heavy (non-hydrogen) atoms. The van der Waals surface area contributed by atoms with Crippen LogP contribution in [0, 0.1) is 0 Å². The largest absolute Gasteiger partial charge is 0.383 e. The summed E-state index contributed by atoms with van der Waals surface area (Å²) in [5.41, 5.74) is 1.30. The highest BCUT2D eigenvalue weighted by Crippen LogP contribution is 1.96. The van der Waals surface area contributed by atoms with Crippen LogP contribution in [0.2, 0.25) is 0 Å². The van der Waals surface area contributed by atoms with Crippen LogP contribution in [0.4, 0.5) is 0 Å². The first-order valence-corrected chi connectivity index (χ1v) is 4.80. The Morgan fingerprint density at radius 3 is 2.00 bits per heavy atom. The molecule has 0 saturated heterocycles. The molecule has 3 nitrogen and oxygen atoms in total. The fraction of sp³-hybridized carbons (Fsp3) is 0.636. The monoisotopic (exact) mass is 197 g/mol. The summed E-state index contributed by atoms with van der Waals surface area (Å²) in [6.07, 6.45) is 7.40. The number of nitrogens with zero attached hydrogens (tertiary/aromatic N) is 3. The molecular formula is C11H23N3+2. The Morgan fingerprint density at radius 2 is 1.64 bits per heavy atom. The molecule has 0 rings (SSSR count). The summed E-state index contributed by atoms with van der Waals surface area (Å²) in [4.78, 5) is 2.07. The van der Waals surface area contributed by atoms with Crippen molar-refractivity contribution in [2.45, 2.75) is 6.42 Å². The SMILES string of the molecule is CN(C)/C=C(/C=[N+](C)C)CC=[N+](C)C. The summed E-state index contributed by atoms with van der Waals surface area (Å²) in [5, 5.41) is 0. The summed E-state index contributed by atoms with van der Waals surface area (Å²) in [6, 6.07) is 0. The van der Waals surface area contributed by atoms with Gasteiger partial charge in [-0.2, -0.15) is 0 Å². The second-order valence-corrected chi connectivity index (χ2v) is 4.11. The lowest BCUT2D eigenvalue weighted by Gasteiger charge is -2.05. The van der Waals surface area contributed by atoms with Gasteiger partial charge in [0.2, 0.25) is 0 Å². The van der Waals surface area contributed by atoms with Crippen molar-refractivity contribution >= 4 is 12.4 Å². The summed E-state index contributed by atoms with van der Waals surface area (Å²) >= 11 is 0. The molecule has 0 heterocycles. The van der Waals surface area contributed by atoms with Crippen molar-refractivity contribution in [3.8, 4) is 0 Å². The van der Waals surface area contributed by atoms with Crippen LogP contribution >= 0.6 is 0 Å². The molecule has 0 fully saturated rings. The Hall–Kier alpha value is -1.12. The van der Waals surface area contributed by atoms with Crippen LogP contribution in [-0.2, 0) is 0 Å². The minimum absolute atomic E-state index is 0.962. The lowest BCUT2D eigenvalue weighted by molar-refractivity contribution is -0.461. The van der Waals surface area contributed by atoms with Crippen molar-refractivity contribution in [2.24, 2.45) is 0 Å². The predicted octanol–water partition coefficient (Wildman–Crippen LogP) is 0.508. The molecule has 80 valence electrons. The van der Waals surface area contributed by atoms with E-state index < -0.39 is 0 Å². The lowest BCUT2D eigenvalue weighted by Crippen LogP contribution is -2.09. The molecule has 0 aliphatic rings. The summed E-state index contributed by atoms with van der Waals surface area (Å²) < 4.78 is 4.14. The molecule has 3 heteroatoms. The van der Waals surface area contributed by atoms with Crippen LogP contribution in [0.25, 0.3) is 0 Å². The van der Waals surface area contributed by atoms with E-state index in [-0.39, 0.29) is 0 Å². The van der Waals surface area contributed by atoms with E-state index in [4.69, 9.17) is 0 Å². The third kappa shape index (κ3) is 7.53. The van der Waals surface area contributed by atoms with Crippen LogP contribution in [-0.4, -0.2) is 68.8 Å². The Bertz CT molecular complexity index is 252. The quantitative estimate of drug-likeness (QED) is 0.471. The van der Waals surface area contributed by atoms with Crippen molar-refractivity contribution in [3.05, 3.63) is 11.8 Å². The van der Waals surface area contributed by atoms with Gasteiger partial charge in [-0.3, -0.25) is 0 Å². The fourth-order valence-corrected chi connectivity index (χ4v) is 1.09. The first kappa shape index (κ1) is 12.9. The molecule has 0 unspecified atom stereocenters. The van der Waals surface area contributed by atoms with Gasteiger partial charge in [-0.15, -0.1) is 0 Å². The normalized spacial score (nSPS) is 10.9. The molecule has 0 bridgehead atoms. The van der Waals surface area contributed by atoms with Gasteiger partial charge in [0.25, 0.3) is 0 Å². The van der Waals surface area contributed by atoms with Crippen LogP contribution < -0.4 is 0 Å². The zero-order valence-electron chi connectivity index (χ0n) is 10.3. The van der Waals surface area contributed by atoms with Gasteiger partial charge >= 0.3 is 0 Å². The Kier molecular flexibility index (Phi) is 5.84. The van der Waals surface area contributed by atoms with Crippen molar-refractivity contribution in [1.82, 2.24) is 4.90 Å². The summed E-state index contributed by atoms with van der Waals surface area (Å²) in [7, 11) is 12.3. The Balaban J connectivity index is 4.58. The Morgan fingerprint density at radius 1 is 1.07 bits per heavy atom. The van der Waals surface area contributed by atoms with Gasteiger partial charge < -0.3 is 4.90 Å². The van der Waals surface area contributed by atoms with Crippen molar-refractivity contribution in [1.29, 1.82) is 0 Å². The average molecular weight is 197 g/mol. The van der Waals surface area contributed by atoms with Gasteiger partial charge in [-0.1, -0.05) is 0 Å². The number of hydrogen-bond donors (Lipinski definition) is 0. The molecule has 0 aromatic carbocycles. The van der Waals surface area contributed by atoms with E-state index in [0.717, 1.165) is 6.42 Å². The maximum atomic E-state index is 2.16. The molecule has 0 radical (unpaired) electrons. The molecule has 0 saturated carbocycles.